The van der Waals surface area contributed by atoms with Gasteiger partial charge in [-0.2, -0.15) is 13.2 Å². The van der Waals surface area contributed by atoms with E-state index in [0.717, 1.165) is 37.6 Å². The summed E-state index contributed by atoms with van der Waals surface area (Å²) in [7, 11) is 1.70. The van der Waals surface area contributed by atoms with E-state index >= 15 is 0 Å². The van der Waals surface area contributed by atoms with Crippen LogP contribution < -0.4 is 16.0 Å². The molecule has 1 saturated heterocycles. The molecule has 1 aliphatic heterocycles. The van der Waals surface area contributed by atoms with Gasteiger partial charge in [-0.3, -0.25) is 4.99 Å². The van der Waals surface area contributed by atoms with Gasteiger partial charge in [0.05, 0.1) is 11.6 Å². The fraction of sp³-hybridized carbons (Fsp3) is 0.650. The summed E-state index contributed by atoms with van der Waals surface area (Å²) in [5.74, 6) is 1.13. The van der Waals surface area contributed by atoms with Crippen LogP contribution in [0.4, 0.5) is 23.8 Å². The highest BCUT2D eigenvalue weighted by Crippen LogP contribution is 2.28. The van der Waals surface area contributed by atoms with Crippen molar-refractivity contribution >= 4 is 17.9 Å². The summed E-state index contributed by atoms with van der Waals surface area (Å²) in [5.41, 5.74) is -1.31. The van der Waals surface area contributed by atoms with Gasteiger partial charge in [0, 0.05) is 39.4 Å². The van der Waals surface area contributed by atoms with E-state index in [4.69, 9.17) is 4.74 Å². The zero-order chi connectivity index (χ0) is 23.1. The third-order valence-corrected chi connectivity index (χ3v) is 4.45. The minimum atomic E-state index is -4.39. The van der Waals surface area contributed by atoms with Gasteiger partial charge in [0.1, 0.15) is 11.4 Å². The van der Waals surface area contributed by atoms with Crippen molar-refractivity contribution in [3.8, 4) is 0 Å². The number of nitrogens with zero attached hydrogens (tertiary/aromatic N) is 3. The molecular weight excluding hydrogens is 413 g/mol. The van der Waals surface area contributed by atoms with E-state index in [1.54, 1.807) is 7.05 Å². The third-order valence-electron chi connectivity index (χ3n) is 4.45. The number of aliphatic imine (C=N–C) groups is 1. The second-order valence-electron chi connectivity index (χ2n) is 8.26. The van der Waals surface area contributed by atoms with Gasteiger partial charge < -0.3 is 25.6 Å². The summed E-state index contributed by atoms with van der Waals surface area (Å²) in [6.45, 7) is 8.03. The number of halogens is 3. The maximum Gasteiger partial charge on any atom is 0.417 e. The van der Waals surface area contributed by atoms with E-state index < -0.39 is 23.4 Å². The SMILES string of the molecule is CN=C(NCCCNc1ccc(C(F)(F)F)cn1)N1CCC(NC(=O)OC(C)(C)C)C1. The second-order valence-corrected chi connectivity index (χ2v) is 8.26. The Hall–Kier alpha value is -2.72. The Morgan fingerprint density at radius 1 is 1.29 bits per heavy atom. The number of likely N-dealkylation sites (tertiary alicyclic amines) is 1. The number of pyridine rings is 1. The van der Waals surface area contributed by atoms with Crippen LogP contribution in [0, 0.1) is 0 Å². The second kappa shape index (κ2) is 10.5. The molecule has 1 aromatic heterocycles. The van der Waals surface area contributed by atoms with Crippen LogP contribution in [0.1, 0.15) is 39.2 Å². The van der Waals surface area contributed by atoms with Crippen molar-refractivity contribution < 1.29 is 22.7 Å². The van der Waals surface area contributed by atoms with E-state index in [2.05, 4.69) is 30.8 Å². The molecule has 0 bridgehead atoms. The van der Waals surface area contributed by atoms with Gasteiger partial charge in [0.15, 0.2) is 5.96 Å². The number of aromatic nitrogens is 1. The molecule has 31 heavy (non-hydrogen) atoms. The monoisotopic (exact) mass is 444 g/mol. The van der Waals surface area contributed by atoms with Crippen molar-refractivity contribution in [1.82, 2.24) is 20.5 Å². The lowest BCUT2D eigenvalue weighted by molar-refractivity contribution is -0.137. The number of rotatable bonds is 6. The molecule has 3 N–H and O–H groups in total. The summed E-state index contributed by atoms with van der Waals surface area (Å²) in [4.78, 5) is 22.0. The Morgan fingerprint density at radius 2 is 2.03 bits per heavy atom. The van der Waals surface area contributed by atoms with Crippen molar-refractivity contribution in [1.29, 1.82) is 0 Å². The molecule has 11 heteroatoms. The number of hydrogen-bond acceptors (Lipinski definition) is 5. The number of amides is 1. The van der Waals surface area contributed by atoms with E-state index in [-0.39, 0.29) is 6.04 Å². The van der Waals surface area contributed by atoms with Crippen LogP contribution in [0.15, 0.2) is 23.3 Å². The molecule has 0 aromatic carbocycles. The number of carbonyl (C=O) groups is 1. The summed E-state index contributed by atoms with van der Waals surface area (Å²) < 4.78 is 42.9. The standard InChI is InChI=1S/C20H31F3N6O2/c1-19(2,3)31-18(30)28-15-8-11-29(13-15)17(24-4)26-10-5-9-25-16-7-6-14(12-27-16)20(21,22)23/h6-7,12,15H,5,8-11,13H2,1-4H3,(H,24,26)(H,25,27)(H,28,30). The lowest BCUT2D eigenvalue weighted by atomic mass is 10.2. The summed E-state index contributed by atoms with van der Waals surface area (Å²) in [6.07, 6.45) is -2.49. The minimum absolute atomic E-state index is 0.0131. The number of nitrogens with one attached hydrogen (secondary N) is 3. The molecule has 2 heterocycles. The molecule has 174 valence electrons. The highest BCUT2D eigenvalue weighted by atomic mass is 19.4. The average Bonchev–Trinajstić information content (AvgIpc) is 3.10. The van der Waals surface area contributed by atoms with Crippen LogP contribution in [0.25, 0.3) is 0 Å². The van der Waals surface area contributed by atoms with E-state index in [0.29, 0.717) is 25.5 Å². The maximum atomic E-state index is 12.6. The van der Waals surface area contributed by atoms with Crippen molar-refractivity contribution in [2.45, 2.75) is 51.4 Å². The van der Waals surface area contributed by atoms with Crippen LogP contribution in [-0.2, 0) is 10.9 Å². The first-order chi connectivity index (χ1) is 14.5. The van der Waals surface area contributed by atoms with E-state index in [9.17, 15) is 18.0 Å². The zero-order valence-corrected chi connectivity index (χ0v) is 18.3. The number of alkyl halides is 3. The first kappa shape index (κ1) is 24.5. The van der Waals surface area contributed by atoms with E-state index in [1.165, 1.54) is 6.07 Å². The van der Waals surface area contributed by atoms with Gasteiger partial charge in [0.25, 0.3) is 0 Å². The molecule has 0 radical (unpaired) electrons. The smallest absolute Gasteiger partial charge is 0.417 e. The molecule has 1 amide bonds. The molecule has 0 saturated carbocycles. The summed E-state index contributed by atoms with van der Waals surface area (Å²) in [6, 6.07) is 2.31. The first-order valence-electron chi connectivity index (χ1n) is 10.2. The molecule has 0 aliphatic carbocycles. The van der Waals surface area contributed by atoms with Gasteiger partial charge in [-0.25, -0.2) is 9.78 Å². The lowest BCUT2D eigenvalue weighted by Gasteiger charge is -2.23. The number of carbonyl (C=O) groups excluding carboxylic acids is 1. The van der Waals surface area contributed by atoms with Crippen molar-refractivity contribution in [3.05, 3.63) is 23.9 Å². The maximum absolute atomic E-state index is 12.6. The molecular formula is C20H31F3N6O2. The average molecular weight is 445 g/mol. The number of alkyl carbamates (subject to hydrolysis) is 1. The van der Waals surface area contributed by atoms with E-state index in [1.807, 2.05) is 20.8 Å². The highest BCUT2D eigenvalue weighted by Gasteiger charge is 2.30. The van der Waals surface area contributed by atoms with Gasteiger partial charge in [-0.1, -0.05) is 0 Å². The van der Waals surface area contributed by atoms with Gasteiger partial charge >= 0.3 is 12.3 Å². The Kier molecular flexibility index (Phi) is 8.35. The highest BCUT2D eigenvalue weighted by molar-refractivity contribution is 5.80. The first-order valence-corrected chi connectivity index (χ1v) is 10.2. The minimum Gasteiger partial charge on any atom is -0.444 e. The van der Waals surface area contributed by atoms with Crippen LogP contribution in [0.5, 0.6) is 0 Å². The molecule has 1 atom stereocenters. The normalized spacial score (nSPS) is 17.5. The Morgan fingerprint density at radius 3 is 2.61 bits per heavy atom. The Labute approximate surface area is 180 Å². The van der Waals surface area contributed by atoms with Crippen LogP contribution in [0.3, 0.4) is 0 Å². The fourth-order valence-electron chi connectivity index (χ4n) is 3.05. The quantitative estimate of drug-likeness (QED) is 0.355. The number of hydrogen-bond donors (Lipinski definition) is 3. The number of anilines is 1. The fourth-order valence-corrected chi connectivity index (χ4v) is 3.05. The predicted octanol–water partition coefficient (Wildman–Crippen LogP) is 3.08. The van der Waals surface area contributed by atoms with Gasteiger partial charge in [-0.05, 0) is 45.7 Å². The van der Waals surface area contributed by atoms with Crippen LogP contribution in [0.2, 0.25) is 0 Å². The molecule has 8 nitrogen and oxygen atoms in total. The van der Waals surface area contributed by atoms with Crippen molar-refractivity contribution in [2.24, 2.45) is 4.99 Å². The third kappa shape index (κ3) is 8.50. The Balaban J connectivity index is 1.68. The largest absolute Gasteiger partial charge is 0.444 e. The molecule has 1 aliphatic rings. The van der Waals surface area contributed by atoms with Crippen LogP contribution in [-0.4, -0.2) is 66.8 Å². The number of ether oxygens (including phenoxy) is 1. The predicted molar refractivity (Wildman–Crippen MR) is 113 cm³/mol. The summed E-state index contributed by atoms with van der Waals surface area (Å²) >= 11 is 0. The van der Waals surface area contributed by atoms with Crippen LogP contribution >= 0.6 is 0 Å². The molecule has 0 spiro atoms. The molecule has 1 unspecified atom stereocenters. The lowest BCUT2D eigenvalue weighted by Crippen LogP contribution is -2.44. The molecule has 2 rings (SSSR count). The van der Waals surface area contributed by atoms with Gasteiger partial charge in [-0.15, -0.1) is 0 Å². The van der Waals surface area contributed by atoms with Gasteiger partial charge in [0.2, 0.25) is 0 Å². The molecule has 1 aromatic rings. The summed E-state index contributed by atoms with van der Waals surface area (Å²) in [5, 5.41) is 9.14. The van der Waals surface area contributed by atoms with Crippen molar-refractivity contribution in [2.75, 3.05) is 38.5 Å². The molecule has 1 fully saturated rings. The Bertz CT molecular complexity index is 747. The number of guanidine groups is 1. The zero-order valence-electron chi connectivity index (χ0n) is 18.3. The van der Waals surface area contributed by atoms with Crippen molar-refractivity contribution in [3.63, 3.8) is 0 Å². The topological polar surface area (TPSA) is 90.9 Å².